The summed E-state index contributed by atoms with van der Waals surface area (Å²) in [5.74, 6) is 0.844. The second-order valence-corrected chi connectivity index (χ2v) is 9.93. The van der Waals surface area contributed by atoms with Crippen molar-refractivity contribution in [3.8, 4) is 0 Å². The van der Waals surface area contributed by atoms with Crippen molar-refractivity contribution in [2.75, 3.05) is 79.2 Å². The highest BCUT2D eigenvalue weighted by atomic mass is 127. The molecule has 0 aromatic rings. The van der Waals surface area contributed by atoms with Gasteiger partial charge < -0.3 is 25.0 Å². The number of hydrogen-bond donors (Lipinski definition) is 2. The van der Waals surface area contributed by atoms with Crippen molar-refractivity contribution >= 4 is 36.0 Å². The van der Waals surface area contributed by atoms with Crippen LogP contribution in [0.3, 0.4) is 0 Å². The minimum Gasteiger partial charge on any atom is -0.444 e. The van der Waals surface area contributed by atoms with E-state index >= 15 is 0 Å². The molecular weight excluding hydrogens is 523 g/mol. The Morgan fingerprint density at radius 3 is 2.19 bits per heavy atom. The summed E-state index contributed by atoms with van der Waals surface area (Å²) in [5, 5.41) is 6.89. The number of nitrogens with one attached hydrogen (secondary N) is 2. The zero-order valence-electron chi connectivity index (χ0n) is 20.9. The van der Waals surface area contributed by atoms with Crippen molar-refractivity contribution in [2.24, 2.45) is 4.99 Å². The van der Waals surface area contributed by atoms with Crippen LogP contribution in [0.1, 0.15) is 41.0 Å². The van der Waals surface area contributed by atoms with Crippen LogP contribution in [0, 0.1) is 0 Å². The fourth-order valence-electron chi connectivity index (χ4n) is 3.79. The van der Waals surface area contributed by atoms with Gasteiger partial charge in [0.15, 0.2) is 5.96 Å². The van der Waals surface area contributed by atoms with Crippen LogP contribution in [0.15, 0.2) is 4.99 Å². The van der Waals surface area contributed by atoms with E-state index in [1.165, 1.54) is 0 Å². The van der Waals surface area contributed by atoms with Gasteiger partial charge in [-0.05, 0) is 47.6 Å². The van der Waals surface area contributed by atoms with Crippen LogP contribution in [-0.2, 0) is 9.47 Å². The van der Waals surface area contributed by atoms with Gasteiger partial charge in [-0.3, -0.25) is 14.8 Å². The van der Waals surface area contributed by atoms with E-state index in [9.17, 15) is 4.79 Å². The highest BCUT2D eigenvalue weighted by molar-refractivity contribution is 14.0. The molecule has 2 heterocycles. The van der Waals surface area contributed by atoms with Crippen LogP contribution in [0.25, 0.3) is 0 Å². The van der Waals surface area contributed by atoms with Crippen molar-refractivity contribution in [3.63, 3.8) is 0 Å². The van der Waals surface area contributed by atoms with Gasteiger partial charge in [0.1, 0.15) is 5.60 Å². The second kappa shape index (κ2) is 13.8. The Balaban J connectivity index is 0.00000512. The Morgan fingerprint density at radius 1 is 1.00 bits per heavy atom. The number of guanidine groups is 1. The molecule has 2 saturated heterocycles. The first-order valence-electron chi connectivity index (χ1n) is 11.6. The number of morpholine rings is 1. The van der Waals surface area contributed by atoms with Crippen LogP contribution in [-0.4, -0.2) is 117 Å². The number of nitrogens with zero attached hydrogens (tertiary/aromatic N) is 4. The molecule has 2 fully saturated rings. The van der Waals surface area contributed by atoms with E-state index in [0.717, 1.165) is 84.5 Å². The third-order valence-corrected chi connectivity index (χ3v) is 5.75. The fraction of sp³-hybridized carbons (Fsp3) is 0.909. The standard InChI is InChI=1S/C22H44N6O3.HI/c1-21(2,3)31-20(29)27-12-10-26(11-13-27)9-7-8-24-19(23-6)25-18-22(4,5)28-14-16-30-17-15-28;/h7-18H2,1-6H3,(H2,23,24,25);1H. The molecule has 10 heteroatoms. The summed E-state index contributed by atoms with van der Waals surface area (Å²) < 4.78 is 10.9. The quantitative estimate of drug-likeness (QED) is 0.210. The maximum Gasteiger partial charge on any atom is 0.410 e. The Bertz CT molecular complexity index is 583. The van der Waals surface area contributed by atoms with Gasteiger partial charge in [0, 0.05) is 64.9 Å². The normalized spacial score (nSPS) is 19.3. The van der Waals surface area contributed by atoms with Gasteiger partial charge in [-0.15, -0.1) is 24.0 Å². The lowest BCUT2D eigenvalue weighted by Crippen LogP contribution is -2.56. The van der Waals surface area contributed by atoms with Crippen molar-refractivity contribution < 1.29 is 14.3 Å². The summed E-state index contributed by atoms with van der Waals surface area (Å²) >= 11 is 0. The third kappa shape index (κ3) is 10.4. The van der Waals surface area contributed by atoms with Gasteiger partial charge in [0.25, 0.3) is 0 Å². The maximum absolute atomic E-state index is 12.2. The van der Waals surface area contributed by atoms with E-state index in [2.05, 4.69) is 39.3 Å². The number of carbonyl (C=O) groups excluding carboxylic acids is 1. The number of amides is 1. The topological polar surface area (TPSA) is 81.7 Å². The molecule has 0 radical (unpaired) electrons. The van der Waals surface area contributed by atoms with Crippen LogP contribution in [0.5, 0.6) is 0 Å². The number of carbonyl (C=O) groups is 1. The molecule has 32 heavy (non-hydrogen) atoms. The minimum atomic E-state index is -0.441. The van der Waals surface area contributed by atoms with E-state index in [0.29, 0.717) is 0 Å². The van der Waals surface area contributed by atoms with Crippen molar-refractivity contribution in [1.82, 2.24) is 25.3 Å². The van der Waals surface area contributed by atoms with Crippen molar-refractivity contribution in [3.05, 3.63) is 0 Å². The molecule has 0 spiro atoms. The SMILES string of the molecule is CN=C(NCCCN1CCN(C(=O)OC(C)(C)C)CC1)NCC(C)(C)N1CCOCC1.I. The Hall–Kier alpha value is -0.850. The van der Waals surface area contributed by atoms with E-state index in [-0.39, 0.29) is 35.6 Å². The third-order valence-electron chi connectivity index (χ3n) is 5.75. The first-order valence-corrected chi connectivity index (χ1v) is 11.6. The van der Waals surface area contributed by atoms with Gasteiger partial charge in [0.05, 0.1) is 13.2 Å². The lowest BCUT2D eigenvalue weighted by molar-refractivity contribution is -0.00834. The van der Waals surface area contributed by atoms with Gasteiger partial charge in [-0.25, -0.2) is 4.79 Å². The second-order valence-electron chi connectivity index (χ2n) is 9.93. The Labute approximate surface area is 211 Å². The summed E-state index contributed by atoms with van der Waals surface area (Å²) in [6.45, 7) is 19.7. The molecule has 1 amide bonds. The predicted octanol–water partition coefficient (Wildman–Crippen LogP) is 1.82. The van der Waals surface area contributed by atoms with Gasteiger partial charge >= 0.3 is 6.09 Å². The largest absolute Gasteiger partial charge is 0.444 e. The summed E-state index contributed by atoms with van der Waals surface area (Å²) in [4.78, 5) is 23.2. The summed E-state index contributed by atoms with van der Waals surface area (Å²) in [5.41, 5.74) is -0.390. The molecule has 9 nitrogen and oxygen atoms in total. The first kappa shape index (κ1) is 29.2. The highest BCUT2D eigenvalue weighted by Crippen LogP contribution is 2.15. The first-order chi connectivity index (χ1) is 14.6. The van der Waals surface area contributed by atoms with Crippen molar-refractivity contribution in [2.45, 2.75) is 52.2 Å². The van der Waals surface area contributed by atoms with Crippen LogP contribution in [0.2, 0.25) is 0 Å². The molecule has 2 rings (SSSR count). The molecule has 2 N–H and O–H groups in total. The number of hydrogen-bond acceptors (Lipinski definition) is 6. The maximum atomic E-state index is 12.2. The summed E-state index contributed by atoms with van der Waals surface area (Å²) in [7, 11) is 1.81. The molecule has 0 aromatic carbocycles. The minimum absolute atomic E-state index is 0. The molecule has 0 bridgehead atoms. The van der Waals surface area contributed by atoms with Crippen LogP contribution in [0.4, 0.5) is 4.79 Å². The number of piperazine rings is 1. The number of rotatable bonds is 7. The molecule has 188 valence electrons. The number of ether oxygens (including phenoxy) is 2. The average Bonchev–Trinajstić information content (AvgIpc) is 2.73. The van der Waals surface area contributed by atoms with Crippen LogP contribution < -0.4 is 10.6 Å². The average molecular weight is 569 g/mol. The Kier molecular flexibility index (Phi) is 12.5. The molecular formula is C22H45IN6O3. The lowest BCUT2D eigenvalue weighted by Gasteiger charge is -2.41. The van der Waals surface area contributed by atoms with Crippen molar-refractivity contribution in [1.29, 1.82) is 0 Å². The lowest BCUT2D eigenvalue weighted by atomic mass is 10.0. The molecule has 0 atom stereocenters. The smallest absolute Gasteiger partial charge is 0.410 e. The van der Waals surface area contributed by atoms with Gasteiger partial charge in [-0.2, -0.15) is 0 Å². The van der Waals surface area contributed by atoms with E-state index < -0.39 is 5.60 Å². The van der Waals surface area contributed by atoms with Crippen LogP contribution >= 0.6 is 24.0 Å². The molecule has 2 aliphatic rings. The fourth-order valence-corrected chi connectivity index (χ4v) is 3.79. The number of halogens is 1. The van der Waals surface area contributed by atoms with E-state index in [4.69, 9.17) is 9.47 Å². The highest BCUT2D eigenvalue weighted by Gasteiger charge is 2.28. The predicted molar refractivity (Wildman–Crippen MR) is 140 cm³/mol. The molecule has 0 saturated carbocycles. The molecule has 0 aliphatic carbocycles. The van der Waals surface area contributed by atoms with E-state index in [1.807, 2.05) is 32.7 Å². The zero-order chi connectivity index (χ0) is 22.9. The molecule has 0 unspecified atom stereocenters. The van der Waals surface area contributed by atoms with Gasteiger partial charge in [0.2, 0.25) is 0 Å². The summed E-state index contributed by atoms with van der Waals surface area (Å²) in [6.07, 6.45) is 0.823. The van der Waals surface area contributed by atoms with Gasteiger partial charge in [-0.1, -0.05) is 0 Å². The van der Waals surface area contributed by atoms with E-state index in [1.54, 1.807) is 0 Å². The molecule has 0 aromatic heterocycles. The molecule has 2 aliphatic heterocycles. The Morgan fingerprint density at radius 2 is 1.62 bits per heavy atom. The summed E-state index contributed by atoms with van der Waals surface area (Å²) in [6, 6.07) is 0. The monoisotopic (exact) mass is 568 g/mol. The zero-order valence-corrected chi connectivity index (χ0v) is 23.2. The number of aliphatic imine (C=N–C) groups is 1.